The Morgan fingerprint density at radius 1 is 1.04 bits per heavy atom. The second kappa shape index (κ2) is 10.6. The van der Waals surface area contributed by atoms with Crippen molar-refractivity contribution >= 4 is 11.9 Å². The van der Waals surface area contributed by atoms with Crippen LogP contribution in [-0.2, 0) is 19.1 Å². The number of rotatable bonds is 10. The topological polar surface area (TPSA) is 71.1 Å². The van der Waals surface area contributed by atoms with Crippen molar-refractivity contribution < 1.29 is 28.5 Å². The fourth-order valence-corrected chi connectivity index (χ4v) is 1.79. The molecule has 0 aliphatic rings. The second-order valence-corrected chi connectivity index (χ2v) is 5.37. The van der Waals surface area contributed by atoms with Crippen molar-refractivity contribution in [2.24, 2.45) is 5.92 Å². The van der Waals surface area contributed by atoms with Crippen LogP contribution in [0.25, 0.3) is 0 Å². The molecular weight excluding hydrogens is 300 g/mol. The van der Waals surface area contributed by atoms with Gasteiger partial charge in [0.2, 0.25) is 0 Å². The van der Waals surface area contributed by atoms with Gasteiger partial charge in [0.15, 0.2) is 11.5 Å². The zero-order valence-electron chi connectivity index (χ0n) is 13.9. The van der Waals surface area contributed by atoms with Gasteiger partial charge in [-0.25, -0.2) is 9.59 Å². The van der Waals surface area contributed by atoms with E-state index in [1.54, 1.807) is 24.3 Å². The molecule has 0 saturated carbocycles. The summed E-state index contributed by atoms with van der Waals surface area (Å²) in [5.41, 5.74) is 0. The molecule has 23 heavy (non-hydrogen) atoms. The molecule has 0 bridgehead atoms. The van der Waals surface area contributed by atoms with Gasteiger partial charge in [-0.05, 0) is 30.9 Å². The van der Waals surface area contributed by atoms with Crippen LogP contribution in [0.4, 0.5) is 0 Å². The standard InChI is InChI=1S/C17H24O6/c1-13(2)7-6-10-22-16(18)11-21-12-17(19)23-15-9-5-4-8-14(15)20-3/h4-5,8-9,13H,6-7,10-12H2,1-3H3. The first-order chi connectivity index (χ1) is 11.0. The molecule has 0 fully saturated rings. The van der Waals surface area contributed by atoms with E-state index in [9.17, 15) is 9.59 Å². The normalized spacial score (nSPS) is 10.4. The lowest BCUT2D eigenvalue weighted by Gasteiger charge is -2.09. The number of carbonyl (C=O) groups is 2. The van der Waals surface area contributed by atoms with E-state index in [1.165, 1.54) is 7.11 Å². The molecule has 128 valence electrons. The van der Waals surface area contributed by atoms with Crippen LogP contribution in [0.5, 0.6) is 11.5 Å². The molecular formula is C17H24O6. The minimum Gasteiger partial charge on any atom is -0.493 e. The molecule has 0 spiro atoms. The first kappa shape index (κ1) is 19.0. The monoisotopic (exact) mass is 324 g/mol. The number of para-hydroxylation sites is 2. The van der Waals surface area contributed by atoms with Gasteiger partial charge < -0.3 is 18.9 Å². The summed E-state index contributed by atoms with van der Waals surface area (Å²) in [6.07, 6.45) is 1.82. The number of benzene rings is 1. The molecule has 0 aromatic heterocycles. The molecule has 6 nitrogen and oxygen atoms in total. The highest BCUT2D eigenvalue weighted by Gasteiger charge is 2.11. The number of ether oxygens (including phenoxy) is 4. The van der Waals surface area contributed by atoms with Crippen LogP contribution >= 0.6 is 0 Å². The predicted octanol–water partition coefficient (Wildman–Crippen LogP) is 2.60. The maximum Gasteiger partial charge on any atom is 0.337 e. The van der Waals surface area contributed by atoms with E-state index in [2.05, 4.69) is 13.8 Å². The predicted molar refractivity (Wildman–Crippen MR) is 84.5 cm³/mol. The third-order valence-corrected chi connectivity index (χ3v) is 2.92. The molecule has 0 amide bonds. The molecule has 1 aromatic rings. The van der Waals surface area contributed by atoms with Gasteiger partial charge in [0, 0.05) is 0 Å². The summed E-state index contributed by atoms with van der Waals surface area (Å²) < 4.78 is 20.2. The summed E-state index contributed by atoms with van der Waals surface area (Å²) in [6.45, 7) is 3.98. The SMILES string of the molecule is COc1ccccc1OC(=O)COCC(=O)OCCCC(C)C. The van der Waals surface area contributed by atoms with Crippen LogP contribution in [0.1, 0.15) is 26.7 Å². The first-order valence-electron chi connectivity index (χ1n) is 7.60. The van der Waals surface area contributed by atoms with Crippen LogP contribution in [0.3, 0.4) is 0 Å². The average molecular weight is 324 g/mol. The fraction of sp³-hybridized carbons (Fsp3) is 0.529. The molecule has 0 atom stereocenters. The second-order valence-electron chi connectivity index (χ2n) is 5.37. The molecule has 1 aromatic carbocycles. The van der Waals surface area contributed by atoms with Gasteiger partial charge in [-0.1, -0.05) is 26.0 Å². The molecule has 0 saturated heterocycles. The molecule has 0 aliphatic heterocycles. The Bertz CT molecular complexity index is 498. The summed E-state index contributed by atoms with van der Waals surface area (Å²) in [6, 6.07) is 6.78. The van der Waals surface area contributed by atoms with Gasteiger partial charge in [-0.15, -0.1) is 0 Å². The summed E-state index contributed by atoms with van der Waals surface area (Å²) in [5.74, 6) is 0.237. The molecule has 0 radical (unpaired) electrons. The van der Waals surface area contributed by atoms with Gasteiger partial charge in [0.05, 0.1) is 13.7 Å². The van der Waals surface area contributed by atoms with Crippen LogP contribution in [0.2, 0.25) is 0 Å². The Morgan fingerprint density at radius 2 is 1.70 bits per heavy atom. The lowest BCUT2D eigenvalue weighted by Crippen LogP contribution is -2.20. The third-order valence-electron chi connectivity index (χ3n) is 2.92. The molecule has 1 rings (SSSR count). The highest BCUT2D eigenvalue weighted by Crippen LogP contribution is 2.25. The van der Waals surface area contributed by atoms with Crippen LogP contribution in [0, 0.1) is 5.92 Å². The lowest BCUT2D eigenvalue weighted by molar-refractivity contribution is -0.152. The van der Waals surface area contributed by atoms with E-state index in [0.29, 0.717) is 24.0 Å². The largest absolute Gasteiger partial charge is 0.493 e. The van der Waals surface area contributed by atoms with Gasteiger partial charge in [0.1, 0.15) is 13.2 Å². The summed E-state index contributed by atoms with van der Waals surface area (Å²) in [7, 11) is 1.48. The summed E-state index contributed by atoms with van der Waals surface area (Å²) in [5, 5.41) is 0. The van der Waals surface area contributed by atoms with Crippen LogP contribution in [0.15, 0.2) is 24.3 Å². The Morgan fingerprint density at radius 3 is 2.35 bits per heavy atom. The van der Waals surface area contributed by atoms with E-state index in [0.717, 1.165) is 12.8 Å². The summed E-state index contributed by atoms with van der Waals surface area (Å²) >= 11 is 0. The Balaban J connectivity index is 2.20. The van der Waals surface area contributed by atoms with Crippen LogP contribution < -0.4 is 9.47 Å². The van der Waals surface area contributed by atoms with E-state index in [4.69, 9.17) is 18.9 Å². The van der Waals surface area contributed by atoms with Gasteiger partial charge in [0.25, 0.3) is 0 Å². The minimum absolute atomic E-state index is 0.275. The quantitative estimate of drug-likeness (QED) is 0.374. The number of carbonyl (C=O) groups excluding carboxylic acids is 2. The lowest BCUT2D eigenvalue weighted by atomic mass is 10.1. The zero-order chi connectivity index (χ0) is 17.1. The Labute approximate surface area is 136 Å². The Kier molecular flexibility index (Phi) is 8.75. The van der Waals surface area contributed by atoms with Crippen molar-refractivity contribution in [3.8, 4) is 11.5 Å². The van der Waals surface area contributed by atoms with E-state index in [1.807, 2.05) is 0 Å². The van der Waals surface area contributed by atoms with E-state index in [-0.39, 0.29) is 13.2 Å². The average Bonchev–Trinajstić information content (AvgIpc) is 2.52. The molecule has 0 N–H and O–H groups in total. The number of esters is 2. The zero-order valence-corrected chi connectivity index (χ0v) is 13.9. The van der Waals surface area contributed by atoms with Gasteiger partial charge in [-0.2, -0.15) is 0 Å². The number of hydrogen-bond acceptors (Lipinski definition) is 6. The Hall–Kier alpha value is -2.08. The maximum absolute atomic E-state index is 11.6. The fourth-order valence-electron chi connectivity index (χ4n) is 1.79. The van der Waals surface area contributed by atoms with Gasteiger partial charge >= 0.3 is 11.9 Å². The molecule has 0 heterocycles. The number of hydrogen-bond donors (Lipinski definition) is 0. The number of methoxy groups -OCH3 is 1. The smallest absolute Gasteiger partial charge is 0.337 e. The molecule has 0 unspecified atom stereocenters. The highest BCUT2D eigenvalue weighted by atomic mass is 16.6. The minimum atomic E-state index is -0.609. The van der Waals surface area contributed by atoms with E-state index < -0.39 is 11.9 Å². The van der Waals surface area contributed by atoms with Crippen molar-refractivity contribution in [1.82, 2.24) is 0 Å². The van der Waals surface area contributed by atoms with Crippen molar-refractivity contribution in [2.45, 2.75) is 26.7 Å². The van der Waals surface area contributed by atoms with Crippen molar-refractivity contribution in [3.05, 3.63) is 24.3 Å². The van der Waals surface area contributed by atoms with Gasteiger partial charge in [-0.3, -0.25) is 0 Å². The maximum atomic E-state index is 11.6. The first-order valence-corrected chi connectivity index (χ1v) is 7.60. The van der Waals surface area contributed by atoms with Crippen molar-refractivity contribution in [1.29, 1.82) is 0 Å². The van der Waals surface area contributed by atoms with Crippen LogP contribution in [-0.4, -0.2) is 38.9 Å². The third kappa shape index (κ3) is 8.21. The van der Waals surface area contributed by atoms with Crippen molar-refractivity contribution in [3.63, 3.8) is 0 Å². The highest BCUT2D eigenvalue weighted by molar-refractivity contribution is 5.75. The summed E-state index contributed by atoms with van der Waals surface area (Å²) in [4.78, 5) is 23.1. The molecule has 0 aliphatic carbocycles. The molecule has 6 heteroatoms. The van der Waals surface area contributed by atoms with E-state index >= 15 is 0 Å². The van der Waals surface area contributed by atoms with Crippen molar-refractivity contribution in [2.75, 3.05) is 26.9 Å².